The van der Waals surface area contributed by atoms with Crippen molar-refractivity contribution in [1.82, 2.24) is 15.5 Å². The van der Waals surface area contributed by atoms with E-state index in [4.69, 9.17) is 4.52 Å². The molecule has 82 valence electrons. The van der Waals surface area contributed by atoms with E-state index in [9.17, 15) is 4.79 Å². The predicted molar refractivity (Wildman–Crippen MR) is 53.3 cm³/mol. The van der Waals surface area contributed by atoms with E-state index >= 15 is 0 Å². The van der Waals surface area contributed by atoms with Gasteiger partial charge in [-0.1, -0.05) is 5.16 Å². The van der Waals surface area contributed by atoms with Crippen molar-refractivity contribution in [3.05, 3.63) is 5.82 Å². The summed E-state index contributed by atoms with van der Waals surface area (Å²) in [5, 5.41) is 9.35. The number of nitrogens with one attached hydrogen (secondary N) is 2. The van der Waals surface area contributed by atoms with E-state index in [0.29, 0.717) is 11.9 Å². The van der Waals surface area contributed by atoms with Gasteiger partial charge in [0.2, 0.25) is 5.91 Å². The average molecular weight is 210 g/mol. The van der Waals surface area contributed by atoms with Crippen molar-refractivity contribution < 1.29 is 9.32 Å². The highest BCUT2D eigenvalue weighted by atomic mass is 16.5. The molecule has 1 aliphatic carbocycles. The molecule has 2 rings (SSSR count). The number of carbonyl (C=O) groups excluding carboxylic acids is 1. The molecular formula is C9H14N4O2. The fourth-order valence-electron chi connectivity index (χ4n) is 1.16. The molecule has 1 unspecified atom stereocenters. The second-order valence-electron chi connectivity index (χ2n) is 3.80. The summed E-state index contributed by atoms with van der Waals surface area (Å²) >= 11 is 0. The Labute approximate surface area is 87.4 Å². The van der Waals surface area contributed by atoms with Crippen LogP contribution in [0.3, 0.4) is 0 Å². The summed E-state index contributed by atoms with van der Waals surface area (Å²) in [6.45, 7) is 3.49. The number of carbonyl (C=O) groups is 1. The molecule has 0 radical (unpaired) electrons. The first kappa shape index (κ1) is 9.95. The highest BCUT2D eigenvalue weighted by molar-refractivity contribution is 5.84. The van der Waals surface area contributed by atoms with E-state index in [0.717, 1.165) is 12.8 Å². The second-order valence-corrected chi connectivity index (χ2v) is 3.80. The highest BCUT2D eigenvalue weighted by Crippen LogP contribution is 2.18. The molecule has 1 aromatic heterocycles. The second kappa shape index (κ2) is 3.88. The van der Waals surface area contributed by atoms with Gasteiger partial charge in [-0.25, -0.2) is 0 Å². The SMILES string of the molecule is Cc1noc(NC(C)C(=O)NC2CC2)n1. The minimum Gasteiger partial charge on any atom is -0.352 e. The molecule has 1 atom stereocenters. The molecule has 0 spiro atoms. The number of nitrogens with zero attached hydrogens (tertiary/aromatic N) is 2. The smallest absolute Gasteiger partial charge is 0.322 e. The zero-order chi connectivity index (χ0) is 10.8. The normalized spacial score (nSPS) is 17.2. The van der Waals surface area contributed by atoms with E-state index in [1.165, 1.54) is 0 Å². The molecule has 1 saturated carbocycles. The number of aromatic nitrogens is 2. The van der Waals surface area contributed by atoms with Gasteiger partial charge in [-0.3, -0.25) is 4.79 Å². The quantitative estimate of drug-likeness (QED) is 0.754. The molecule has 0 saturated heterocycles. The number of hydrogen-bond donors (Lipinski definition) is 2. The van der Waals surface area contributed by atoms with Crippen molar-refractivity contribution >= 4 is 11.9 Å². The molecule has 0 aliphatic heterocycles. The number of rotatable bonds is 4. The van der Waals surface area contributed by atoms with E-state index in [1.54, 1.807) is 13.8 Å². The Morgan fingerprint density at radius 3 is 2.87 bits per heavy atom. The number of aryl methyl sites for hydroxylation is 1. The lowest BCUT2D eigenvalue weighted by molar-refractivity contribution is -0.121. The largest absolute Gasteiger partial charge is 0.352 e. The highest BCUT2D eigenvalue weighted by Gasteiger charge is 2.26. The lowest BCUT2D eigenvalue weighted by Crippen LogP contribution is -2.38. The van der Waals surface area contributed by atoms with Crippen molar-refractivity contribution in [2.75, 3.05) is 5.32 Å². The van der Waals surface area contributed by atoms with Gasteiger partial charge in [0.05, 0.1) is 0 Å². The number of amides is 1. The monoisotopic (exact) mass is 210 g/mol. The third-order valence-corrected chi connectivity index (χ3v) is 2.18. The van der Waals surface area contributed by atoms with Crippen molar-refractivity contribution in [3.63, 3.8) is 0 Å². The molecule has 1 aliphatic rings. The Balaban J connectivity index is 1.84. The predicted octanol–water partition coefficient (Wildman–Crippen LogP) is 0.457. The number of anilines is 1. The summed E-state index contributed by atoms with van der Waals surface area (Å²) < 4.78 is 4.85. The maximum absolute atomic E-state index is 11.5. The van der Waals surface area contributed by atoms with Gasteiger partial charge < -0.3 is 15.2 Å². The molecule has 1 heterocycles. The van der Waals surface area contributed by atoms with Crippen LogP contribution in [0.2, 0.25) is 0 Å². The molecular weight excluding hydrogens is 196 g/mol. The van der Waals surface area contributed by atoms with Crippen LogP contribution in [0, 0.1) is 6.92 Å². The summed E-state index contributed by atoms with van der Waals surface area (Å²) in [7, 11) is 0. The van der Waals surface area contributed by atoms with Gasteiger partial charge >= 0.3 is 6.01 Å². The van der Waals surface area contributed by atoms with Crippen LogP contribution in [0.4, 0.5) is 6.01 Å². The van der Waals surface area contributed by atoms with Gasteiger partial charge in [-0.2, -0.15) is 4.98 Å². The standard InChI is InChI=1S/C9H14N4O2/c1-5(8(14)12-7-3-4-7)10-9-11-6(2)13-15-9/h5,7H,3-4H2,1-2H3,(H,12,14)(H,10,11,13). The average Bonchev–Trinajstić information content (AvgIpc) is 2.90. The lowest BCUT2D eigenvalue weighted by Gasteiger charge is -2.11. The zero-order valence-corrected chi connectivity index (χ0v) is 8.78. The molecule has 6 heteroatoms. The fourth-order valence-corrected chi connectivity index (χ4v) is 1.16. The maximum Gasteiger partial charge on any atom is 0.322 e. The van der Waals surface area contributed by atoms with Crippen molar-refractivity contribution in [1.29, 1.82) is 0 Å². The van der Waals surface area contributed by atoms with Crippen LogP contribution in [0.5, 0.6) is 0 Å². The summed E-state index contributed by atoms with van der Waals surface area (Å²) in [4.78, 5) is 15.5. The first-order chi connectivity index (χ1) is 7.15. The minimum absolute atomic E-state index is 0.0339. The van der Waals surface area contributed by atoms with Crippen LogP contribution < -0.4 is 10.6 Å². The van der Waals surface area contributed by atoms with E-state index in [1.807, 2.05) is 0 Å². The van der Waals surface area contributed by atoms with Gasteiger partial charge in [0, 0.05) is 6.04 Å². The van der Waals surface area contributed by atoms with Crippen LogP contribution in [-0.4, -0.2) is 28.1 Å². The van der Waals surface area contributed by atoms with Gasteiger partial charge in [0.25, 0.3) is 0 Å². The Kier molecular flexibility index (Phi) is 2.57. The van der Waals surface area contributed by atoms with Gasteiger partial charge in [0.15, 0.2) is 5.82 Å². The third-order valence-electron chi connectivity index (χ3n) is 2.18. The topological polar surface area (TPSA) is 80.0 Å². The lowest BCUT2D eigenvalue weighted by atomic mass is 10.3. The summed E-state index contributed by atoms with van der Waals surface area (Å²) in [5.41, 5.74) is 0. The summed E-state index contributed by atoms with van der Waals surface area (Å²) in [6, 6.07) is 0.294. The Morgan fingerprint density at radius 1 is 1.60 bits per heavy atom. The van der Waals surface area contributed by atoms with Gasteiger partial charge in [-0.05, 0) is 26.7 Å². The van der Waals surface area contributed by atoms with Gasteiger partial charge in [-0.15, -0.1) is 0 Å². The van der Waals surface area contributed by atoms with Crippen LogP contribution >= 0.6 is 0 Å². The van der Waals surface area contributed by atoms with E-state index in [-0.39, 0.29) is 18.0 Å². The Bertz CT molecular complexity index is 359. The molecule has 1 fully saturated rings. The summed E-state index contributed by atoms with van der Waals surface area (Å²) in [6.07, 6.45) is 2.16. The molecule has 0 bridgehead atoms. The molecule has 0 aromatic carbocycles. The van der Waals surface area contributed by atoms with Crippen LogP contribution in [-0.2, 0) is 4.79 Å². The first-order valence-electron chi connectivity index (χ1n) is 5.02. The Morgan fingerprint density at radius 2 is 2.33 bits per heavy atom. The Hall–Kier alpha value is -1.59. The fraction of sp³-hybridized carbons (Fsp3) is 0.667. The first-order valence-corrected chi connectivity index (χ1v) is 5.02. The van der Waals surface area contributed by atoms with Crippen LogP contribution in [0.25, 0.3) is 0 Å². The van der Waals surface area contributed by atoms with Crippen LogP contribution in [0.1, 0.15) is 25.6 Å². The molecule has 1 amide bonds. The van der Waals surface area contributed by atoms with Crippen molar-refractivity contribution in [2.24, 2.45) is 0 Å². The number of hydrogen-bond acceptors (Lipinski definition) is 5. The van der Waals surface area contributed by atoms with E-state index < -0.39 is 0 Å². The maximum atomic E-state index is 11.5. The minimum atomic E-state index is -0.356. The van der Waals surface area contributed by atoms with Crippen molar-refractivity contribution in [2.45, 2.75) is 38.8 Å². The molecule has 6 nitrogen and oxygen atoms in total. The molecule has 1 aromatic rings. The summed E-state index contributed by atoms with van der Waals surface area (Å²) in [5.74, 6) is 0.514. The zero-order valence-electron chi connectivity index (χ0n) is 8.78. The molecule has 15 heavy (non-hydrogen) atoms. The molecule has 2 N–H and O–H groups in total. The third kappa shape index (κ3) is 2.68. The van der Waals surface area contributed by atoms with Crippen molar-refractivity contribution in [3.8, 4) is 0 Å². The van der Waals surface area contributed by atoms with Crippen LogP contribution in [0.15, 0.2) is 4.52 Å². The van der Waals surface area contributed by atoms with Gasteiger partial charge in [0.1, 0.15) is 6.04 Å². The van der Waals surface area contributed by atoms with E-state index in [2.05, 4.69) is 20.8 Å².